The number of hydrazine groups is 1. The first-order chi connectivity index (χ1) is 6.50. The molecule has 0 rings (SSSR count). The maximum absolute atomic E-state index is 6.59. The Kier molecular flexibility index (Phi) is 6.85. The van der Waals surface area contributed by atoms with E-state index in [4.69, 9.17) is 23.2 Å². The van der Waals surface area contributed by atoms with Crippen LogP contribution in [-0.4, -0.2) is 34.9 Å². The van der Waals surface area contributed by atoms with Crippen molar-refractivity contribution in [3.63, 3.8) is 0 Å². The summed E-state index contributed by atoms with van der Waals surface area (Å²) in [4.78, 5) is 8.36. The van der Waals surface area contributed by atoms with Gasteiger partial charge in [-0.2, -0.15) is 5.01 Å². The molecule has 0 aliphatic rings. The van der Waals surface area contributed by atoms with Crippen LogP contribution in [0.4, 0.5) is 0 Å². The van der Waals surface area contributed by atoms with Crippen molar-refractivity contribution in [1.29, 1.82) is 0 Å². The molecule has 0 aliphatic carbocycles. The molecule has 0 fully saturated rings. The van der Waals surface area contributed by atoms with E-state index in [-0.39, 0.29) is 12.1 Å². The molecule has 0 amide bonds. The summed E-state index contributed by atoms with van der Waals surface area (Å²) >= 11 is 5.91. The molecule has 5 heteroatoms. The molecule has 4 nitrogen and oxygen atoms in total. The molecule has 0 aromatic rings. The summed E-state index contributed by atoms with van der Waals surface area (Å²) in [5.41, 5.74) is 0. The first-order valence-electron chi connectivity index (χ1n) is 4.71. The normalized spacial score (nSPS) is 11.7. The van der Waals surface area contributed by atoms with Crippen molar-refractivity contribution in [1.82, 2.24) is 9.70 Å². The summed E-state index contributed by atoms with van der Waals surface area (Å²) < 4.78 is 1.21. The molecule has 0 aromatic carbocycles. The Morgan fingerprint density at radius 3 is 2.14 bits per heavy atom. The fourth-order valence-corrected chi connectivity index (χ4v) is 1.61. The first kappa shape index (κ1) is 13.7. The largest absolute Gasteiger partial charge is 0.314 e. The van der Waals surface area contributed by atoms with Gasteiger partial charge in [-0.1, -0.05) is 0 Å². The van der Waals surface area contributed by atoms with Crippen LogP contribution in [0.1, 0.15) is 27.7 Å². The van der Waals surface area contributed by atoms with Gasteiger partial charge in [-0.25, -0.2) is 6.57 Å². The number of rotatable bonds is 6. The van der Waals surface area contributed by atoms with Crippen LogP contribution in [0, 0.1) is 6.57 Å². The van der Waals surface area contributed by atoms with E-state index in [1.165, 1.54) is 4.69 Å². The van der Waals surface area contributed by atoms with Crippen LogP contribution < -0.4 is 0 Å². The smallest absolute Gasteiger partial charge is 0.239 e. The molecule has 0 bridgehead atoms. The lowest BCUT2D eigenvalue weighted by Gasteiger charge is -2.34. The van der Waals surface area contributed by atoms with Gasteiger partial charge in [0.2, 0.25) is 6.54 Å². The van der Waals surface area contributed by atoms with E-state index >= 15 is 0 Å². The Labute approximate surface area is 91.2 Å². The zero-order valence-electron chi connectivity index (χ0n) is 9.20. The highest BCUT2D eigenvalue weighted by molar-refractivity contribution is 6.12. The number of nitrogens with zero attached hydrogens (tertiary/aromatic N) is 3. The zero-order valence-corrected chi connectivity index (χ0v) is 9.95. The summed E-state index contributed by atoms with van der Waals surface area (Å²) in [6.45, 7) is 15.4. The molecule has 0 aromatic heterocycles. The van der Waals surface area contributed by atoms with E-state index in [0.29, 0.717) is 13.2 Å². The molecule has 0 spiro atoms. The second kappa shape index (κ2) is 7.02. The van der Waals surface area contributed by atoms with Gasteiger partial charge in [0.15, 0.2) is 0 Å². The highest BCUT2D eigenvalue weighted by atomic mass is 35.5. The lowest BCUT2D eigenvalue weighted by molar-refractivity contribution is -0.235. The Morgan fingerprint density at radius 1 is 1.29 bits per heavy atom. The maximum Gasteiger partial charge on any atom is 0.239 e. The van der Waals surface area contributed by atoms with E-state index < -0.39 is 0 Å². The molecule has 0 N–H and O–H groups in total. The van der Waals surface area contributed by atoms with Crippen LogP contribution in [-0.2, 0) is 4.84 Å². The van der Waals surface area contributed by atoms with Crippen molar-refractivity contribution in [2.45, 2.75) is 39.8 Å². The van der Waals surface area contributed by atoms with Crippen LogP contribution in [0.5, 0.6) is 0 Å². The minimum absolute atomic E-state index is 0.264. The van der Waals surface area contributed by atoms with Crippen LogP contribution in [0.3, 0.4) is 0 Å². The predicted octanol–water partition coefficient (Wildman–Crippen LogP) is 2.33. The van der Waals surface area contributed by atoms with Gasteiger partial charge < -0.3 is 4.85 Å². The van der Waals surface area contributed by atoms with Gasteiger partial charge in [0.1, 0.15) is 6.61 Å². The Bertz CT molecular complexity index is 183. The number of halogens is 1. The van der Waals surface area contributed by atoms with Gasteiger partial charge in [0.05, 0.1) is 0 Å². The van der Waals surface area contributed by atoms with E-state index in [2.05, 4.69) is 4.85 Å². The predicted molar refractivity (Wildman–Crippen MR) is 57.2 cm³/mol. The highest BCUT2D eigenvalue weighted by Gasteiger charge is 2.21. The van der Waals surface area contributed by atoms with E-state index in [1.807, 2.05) is 32.7 Å². The van der Waals surface area contributed by atoms with Crippen molar-refractivity contribution in [2.24, 2.45) is 0 Å². The average molecular weight is 220 g/mol. The summed E-state index contributed by atoms with van der Waals surface area (Å²) in [6, 6.07) is 0.529. The van der Waals surface area contributed by atoms with Gasteiger partial charge in [-0.15, -0.1) is 0 Å². The Hall–Kier alpha value is -0.340. The topological polar surface area (TPSA) is 20.1 Å². The van der Waals surface area contributed by atoms with Gasteiger partial charge >= 0.3 is 0 Å². The van der Waals surface area contributed by atoms with Crippen molar-refractivity contribution in [2.75, 3.05) is 13.2 Å². The molecule has 14 heavy (non-hydrogen) atoms. The third kappa shape index (κ3) is 4.77. The quantitative estimate of drug-likeness (QED) is 0.296. The SMILES string of the molecule is [C-]#[N+]CCON(Cl)N(C(C)C)C(C)C. The van der Waals surface area contributed by atoms with Gasteiger partial charge in [0.25, 0.3) is 0 Å². The van der Waals surface area contributed by atoms with Crippen LogP contribution >= 0.6 is 11.8 Å². The molecular formula is C9H18ClN3O. The molecule has 0 saturated carbocycles. The van der Waals surface area contributed by atoms with Crippen molar-refractivity contribution >= 4 is 11.8 Å². The van der Waals surface area contributed by atoms with Gasteiger partial charge in [0, 0.05) is 23.9 Å². The highest BCUT2D eigenvalue weighted by Crippen LogP contribution is 2.12. The number of hydrogen-bond donors (Lipinski definition) is 0. The first-order valence-corrected chi connectivity index (χ1v) is 5.04. The van der Waals surface area contributed by atoms with E-state index in [9.17, 15) is 0 Å². The summed E-state index contributed by atoms with van der Waals surface area (Å²) in [5.74, 6) is 0. The van der Waals surface area contributed by atoms with Crippen LogP contribution in [0.2, 0.25) is 0 Å². The third-order valence-electron chi connectivity index (χ3n) is 1.64. The fourth-order valence-electron chi connectivity index (χ4n) is 1.19. The lowest BCUT2D eigenvalue weighted by atomic mass is 10.3. The summed E-state index contributed by atoms with van der Waals surface area (Å²) in [6.07, 6.45) is 0. The van der Waals surface area contributed by atoms with Crippen molar-refractivity contribution in [3.05, 3.63) is 11.4 Å². The minimum Gasteiger partial charge on any atom is -0.314 e. The summed E-state index contributed by atoms with van der Waals surface area (Å²) in [5, 5.41) is 1.89. The molecule has 0 atom stereocenters. The van der Waals surface area contributed by atoms with E-state index in [1.54, 1.807) is 0 Å². The van der Waals surface area contributed by atoms with E-state index in [0.717, 1.165) is 0 Å². The molecule has 0 saturated heterocycles. The van der Waals surface area contributed by atoms with Gasteiger partial charge in [-0.05, 0) is 32.4 Å². The molecule has 0 radical (unpaired) electrons. The zero-order chi connectivity index (χ0) is 11.1. The molecule has 82 valence electrons. The molecule has 0 heterocycles. The van der Waals surface area contributed by atoms with Crippen molar-refractivity contribution < 1.29 is 4.84 Å². The number of hydrogen-bond acceptors (Lipinski definition) is 3. The van der Waals surface area contributed by atoms with Crippen LogP contribution in [0.25, 0.3) is 4.85 Å². The second-order valence-electron chi connectivity index (χ2n) is 3.51. The molecule has 0 aliphatic heterocycles. The van der Waals surface area contributed by atoms with Crippen LogP contribution in [0.15, 0.2) is 0 Å². The second-order valence-corrected chi connectivity index (χ2v) is 3.80. The third-order valence-corrected chi connectivity index (χ3v) is 1.91. The monoisotopic (exact) mass is 219 g/mol. The average Bonchev–Trinajstić information content (AvgIpc) is 2.03. The minimum atomic E-state index is 0.264. The molecular weight excluding hydrogens is 202 g/mol. The fraction of sp³-hybridized carbons (Fsp3) is 0.889. The Morgan fingerprint density at radius 2 is 1.79 bits per heavy atom. The summed E-state index contributed by atoms with van der Waals surface area (Å²) in [7, 11) is 0. The Balaban J connectivity index is 4.03. The maximum atomic E-state index is 6.59. The standard InChI is InChI=1S/C9H18ClN3O/c1-8(2)12(9(3)4)13(10)14-7-6-11-5/h8-9H,6-7H2,1-4H3. The lowest BCUT2D eigenvalue weighted by Crippen LogP contribution is -2.46. The van der Waals surface area contributed by atoms with Crippen molar-refractivity contribution in [3.8, 4) is 0 Å². The van der Waals surface area contributed by atoms with Gasteiger partial charge in [-0.3, -0.25) is 4.84 Å². The molecule has 0 unspecified atom stereocenters.